The van der Waals surface area contributed by atoms with Gasteiger partial charge in [-0.2, -0.15) is 0 Å². The molecule has 1 atom stereocenters. The van der Waals surface area contributed by atoms with Crippen molar-refractivity contribution >= 4 is 11.9 Å². The summed E-state index contributed by atoms with van der Waals surface area (Å²) in [7, 11) is 0. The zero-order valence-electron chi connectivity index (χ0n) is 30.6. The second-order valence-corrected chi connectivity index (χ2v) is 14.2. The summed E-state index contributed by atoms with van der Waals surface area (Å²) in [6.07, 6.45) is 37.3. The highest BCUT2D eigenvalue weighted by Crippen LogP contribution is 2.16. The van der Waals surface area contributed by atoms with Crippen molar-refractivity contribution < 1.29 is 24.2 Å². The van der Waals surface area contributed by atoms with Crippen LogP contribution in [0.15, 0.2) is 0 Å². The number of ether oxygens (including phenoxy) is 2. The molecule has 0 aliphatic carbocycles. The van der Waals surface area contributed by atoms with Gasteiger partial charge < -0.3 is 14.6 Å². The van der Waals surface area contributed by atoms with Gasteiger partial charge in [0.05, 0.1) is 6.61 Å². The average molecular weight is 639 g/mol. The maximum atomic E-state index is 12.1. The topological polar surface area (TPSA) is 72.8 Å². The summed E-state index contributed by atoms with van der Waals surface area (Å²) >= 11 is 0. The predicted octanol–water partition coefficient (Wildman–Crippen LogP) is 12.2. The molecule has 0 aromatic carbocycles. The lowest BCUT2D eigenvalue weighted by molar-refractivity contribution is -0.161. The van der Waals surface area contributed by atoms with E-state index in [9.17, 15) is 14.7 Å². The first-order chi connectivity index (χ1) is 22.0. The average Bonchev–Trinajstić information content (AvgIpc) is 3.02. The Morgan fingerprint density at radius 1 is 0.489 bits per heavy atom. The highest BCUT2D eigenvalue weighted by atomic mass is 16.6. The Labute approximate surface area is 280 Å². The van der Waals surface area contributed by atoms with E-state index < -0.39 is 6.10 Å². The summed E-state index contributed by atoms with van der Waals surface area (Å²) < 4.78 is 10.6. The quantitative estimate of drug-likeness (QED) is 0.0546. The van der Waals surface area contributed by atoms with Crippen molar-refractivity contribution in [2.75, 3.05) is 13.2 Å². The van der Waals surface area contributed by atoms with Crippen LogP contribution in [0.25, 0.3) is 0 Å². The molecule has 0 heterocycles. The van der Waals surface area contributed by atoms with E-state index in [0.29, 0.717) is 12.8 Å². The number of hydrogen-bond acceptors (Lipinski definition) is 5. The van der Waals surface area contributed by atoms with E-state index in [2.05, 4.69) is 20.8 Å². The SMILES string of the molecule is CCCCCCCCCCCCCCCCC(=O)O[C@@H](CO)COC(=O)CCCCCCCCCCCCCCCCC(C)C. The number of esters is 2. The monoisotopic (exact) mass is 639 g/mol. The first kappa shape index (κ1) is 43.9. The van der Waals surface area contributed by atoms with Crippen LogP contribution in [0, 0.1) is 5.92 Å². The Kier molecular flexibility index (Phi) is 34.9. The van der Waals surface area contributed by atoms with Gasteiger partial charge in [-0.15, -0.1) is 0 Å². The lowest BCUT2D eigenvalue weighted by Crippen LogP contribution is -2.28. The standard InChI is InChI=1S/C40H78O5/c1-4-5-6-7-8-9-10-11-15-19-22-25-28-31-34-40(43)45-38(35-41)36-44-39(42)33-30-27-24-21-18-16-13-12-14-17-20-23-26-29-32-37(2)3/h37-38,41H,4-36H2,1-3H3/t38-/m0/s1. The van der Waals surface area contributed by atoms with Gasteiger partial charge in [-0.3, -0.25) is 9.59 Å². The van der Waals surface area contributed by atoms with Crippen LogP contribution in [0.1, 0.15) is 220 Å². The molecule has 0 radical (unpaired) electrons. The van der Waals surface area contributed by atoms with Crippen LogP contribution in [-0.4, -0.2) is 36.4 Å². The molecule has 0 aromatic rings. The lowest BCUT2D eigenvalue weighted by Gasteiger charge is -2.15. The van der Waals surface area contributed by atoms with Crippen LogP contribution in [0.3, 0.4) is 0 Å². The molecule has 0 aromatic heterocycles. The van der Waals surface area contributed by atoms with E-state index in [1.165, 1.54) is 154 Å². The maximum Gasteiger partial charge on any atom is 0.306 e. The number of carbonyl (C=O) groups is 2. The third-order valence-electron chi connectivity index (χ3n) is 9.08. The molecule has 0 unspecified atom stereocenters. The van der Waals surface area contributed by atoms with Crippen molar-refractivity contribution in [3.8, 4) is 0 Å². The van der Waals surface area contributed by atoms with Gasteiger partial charge in [0.1, 0.15) is 6.61 Å². The first-order valence-corrected chi connectivity index (χ1v) is 20.0. The van der Waals surface area contributed by atoms with Crippen molar-refractivity contribution in [3.05, 3.63) is 0 Å². The summed E-state index contributed by atoms with van der Waals surface area (Å²) in [6, 6.07) is 0. The van der Waals surface area contributed by atoms with Gasteiger partial charge in [-0.05, 0) is 18.8 Å². The van der Waals surface area contributed by atoms with Gasteiger partial charge in [-0.25, -0.2) is 0 Å². The van der Waals surface area contributed by atoms with E-state index >= 15 is 0 Å². The zero-order valence-corrected chi connectivity index (χ0v) is 30.6. The highest BCUT2D eigenvalue weighted by molar-refractivity contribution is 5.70. The van der Waals surface area contributed by atoms with Crippen LogP contribution in [0.5, 0.6) is 0 Å². The molecule has 5 heteroatoms. The molecule has 0 amide bonds. The molecule has 0 aliphatic heterocycles. The summed E-state index contributed by atoms with van der Waals surface area (Å²) in [5.74, 6) is 0.276. The Morgan fingerprint density at radius 3 is 1.18 bits per heavy atom. The predicted molar refractivity (Wildman–Crippen MR) is 192 cm³/mol. The molecule has 0 rings (SSSR count). The van der Waals surface area contributed by atoms with E-state index in [4.69, 9.17) is 9.47 Å². The Morgan fingerprint density at radius 2 is 0.822 bits per heavy atom. The molecule has 0 fully saturated rings. The number of hydrogen-bond donors (Lipinski definition) is 1. The molecule has 5 nitrogen and oxygen atoms in total. The molecule has 268 valence electrons. The normalized spacial score (nSPS) is 12.1. The molecule has 0 bridgehead atoms. The lowest BCUT2D eigenvalue weighted by atomic mass is 10.0. The van der Waals surface area contributed by atoms with Crippen LogP contribution < -0.4 is 0 Å². The summed E-state index contributed by atoms with van der Waals surface area (Å²) in [4.78, 5) is 24.2. The van der Waals surface area contributed by atoms with Gasteiger partial charge in [0.15, 0.2) is 6.10 Å². The zero-order chi connectivity index (χ0) is 33.1. The highest BCUT2D eigenvalue weighted by Gasteiger charge is 2.16. The molecule has 0 spiro atoms. The number of carbonyl (C=O) groups excluding carboxylic acids is 2. The molecule has 0 saturated heterocycles. The van der Waals surface area contributed by atoms with E-state index in [1.54, 1.807) is 0 Å². The van der Waals surface area contributed by atoms with Crippen LogP contribution in [0.2, 0.25) is 0 Å². The van der Waals surface area contributed by atoms with Crippen molar-refractivity contribution in [3.63, 3.8) is 0 Å². The second-order valence-electron chi connectivity index (χ2n) is 14.2. The number of rotatable bonds is 36. The molecule has 45 heavy (non-hydrogen) atoms. The van der Waals surface area contributed by atoms with Gasteiger partial charge in [0.25, 0.3) is 0 Å². The van der Waals surface area contributed by atoms with Crippen LogP contribution >= 0.6 is 0 Å². The second kappa shape index (κ2) is 35.7. The summed E-state index contributed by atoms with van der Waals surface area (Å²) in [5.41, 5.74) is 0. The summed E-state index contributed by atoms with van der Waals surface area (Å²) in [5, 5.41) is 9.55. The van der Waals surface area contributed by atoms with Crippen molar-refractivity contribution in [2.45, 2.75) is 226 Å². The fraction of sp³-hybridized carbons (Fsp3) is 0.950. The minimum Gasteiger partial charge on any atom is -0.462 e. The van der Waals surface area contributed by atoms with E-state index in [1.807, 2.05) is 0 Å². The van der Waals surface area contributed by atoms with E-state index in [-0.39, 0.29) is 25.2 Å². The van der Waals surface area contributed by atoms with Gasteiger partial charge in [-0.1, -0.05) is 194 Å². The largest absolute Gasteiger partial charge is 0.462 e. The Hall–Kier alpha value is -1.10. The van der Waals surface area contributed by atoms with Gasteiger partial charge >= 0.3 is 11.9 Å². The van der Waals surface area contributed by atoms with Crippen LogP contribution in [-0.2, 0) is 19.1 Å². The minimum atomic E-state index is -0.761. The summed E-state index contributed by atoms with van der Waals surface area (Å²) in [6.45, 7) is 6.52. The molecule has 1 N–H and O–H groups in total. The molecule has 0 aliphatic rings. The van der Waals surface area contributed by atoms with Crippen molar-refractivity contribution in [2.24, 2.45) is 5.92 Å². The van der Waals surface area contributed by atoms with Crippen LogP contribution in [0.4, 0.5) is 0 Å². The van der Waals surface area contributed by atoms with Crippen molar-refractivity contribution in [1.82, 2.24) is 0 Å². The Balaban J connectivity index is 3.49. The molecular formula is C40H78O5. The number of aliphatic hydroxyl groups is 1. The third-order valence-corrected chi connectivity index (χ3v) is 9.08. The molecule has 0 saturated carbocycles. The van der Waals surface area contributed by atoms with Gasteiger partial charge in [0, 0.05) is 12.8 Å². The smallest absolute Gasteiger partial charge is 0.306 e. The van der Waals surface area contributed by atoms with Gasteiger partial charge in [0.2, 0.25) is 0 Å². The maximum absolute atomic E-state index is 12.1. The number of unbranched alkanes of at least 4 members (excludes halogenated alkanes) is 26. The number of aliphatic hydroxyl groups excluding tert-OH is 1. The van der Waals surface area contributed by atoms with Crippen molar-refractivity contribution in [1.29, 1.82) is 0 Å². The molecular weight excluding hydrogens is 560 g/mol. The fourth-order valence-corrected chi connectivity index (χ4v) is 6.03. The fourth-order valence-electron chi connectivity index (χ4n) is 6.03. The third kappa shape index (κ3) is 35.6. The minimum absolute atomic E-state index is 0.0576. The Bertz CT molecular complexity index is 620. The first-order valence-electron chi connectivity index (χ1n) is 20.0. The van der Waals surface area contributed by atoms with E-state index in [0.717, 1.165) is 38.0 Å².